The molecule has 114 valence electrons. The van der Waals surface area contributed by atoms with Crippen LogP contribution in [0.3, 0.4) is 0 Å². The molecule has 2 rings (SSSR count). The average molecular weight is 294 g/mol. The summed E-state index contributed by atoms with van der Waals surface area (Å²) < 4.78 is 13.1. The number of nitrogens with one attached hydrogen (secondary N) is 2. The number of carboxylic acids is 1. The summed E-state index contributed by atoms with van der Waals surface area (Å²) in [5.41, 5.74) is -0.453. The zero-order valence-electron chi connectivity index (χ0n) is 11.9. The van der Waals surface area contributed by atoms with Gasteiger partial charge in [0.05, 0.1) is 11.3 Å². The fourth-order valence-electron chi connectivity index (χ4n) is 2.69. The van der Waals surface area contributed by atoms with Crippen LogP contribution < -0.4 is 10.6 Å². The summed E-state index contributed by atoms with van der Waals surface area (Å²) in [5, 5.41) is 14.4. The molecule has 0 aromatic heterocycles. The highest BCUT2D eigenvalue weighted by Crippen LogP contribution is 2.27. The third-order valence-electron chi connectivity index (χ3n) is 3.83. The van der Waals surface area contributed by atoms with E-state index in [1.807, 2.05) is 6.92 Å². The maximum atomic E-state index is 13.1. The second-order valence-electron chi connectivity index (χ2n) is 5.70. The molecule has 3 N–H and O–H groups in total. The first-order valence-electron chi connectivity index (χ1n) is 7.02. The Morgan fingerprint density at radius 3 is 2.52 bits per heavy atom. The molecule has 0 spiro atoms. The Bertz CT molecular complexity index is 554. The van der Waals surface area contributed by atoms with E-state index in [1.54, 1.807) is 0 Å². The summed E-state index contributed by atoms with van der Waals surface area (Å²) in [6.45, 7) is 1.98. The van der Waals surface area contributed by atoms with Crippen molar-refractivity contribution in [1.82, 2.24) is 5.32 Å². The molecule has 2 amide bonds. The van der Waals surface area contributed by atoms with Crippen LogP contribution in [0.15, 0.2) is 18.2 Å². The predicted octanol–water partition coefficient (Wildman–Crippen LogP) is 3.37. The van der Waals surface area contributed by atoms with Gasteiger partial charge in [-0.15, -0.1) is 0 Å². The van der Waals surface area contributed by atoms with Crippen LogP contribution in [0.1, 0.15) is 49.4 Å². The van der Waals surface area contributed by atoms with Crippen LogP contribution in [0.2, 0.25) is 0 Å². The summed E-state index contributed by atoms with van der Waals surface area (Å²) in [4.78, 5) is 23.1. The molecule has 0 heterocycles. The monoisotopic (exact) mass is 294 g/mol. The van der Waals surface area contributed by atoms with Crippen LogP contribution in [0.4, 0.5) is 14.9 Å². The van der Waals surface area contributed by atoms with Gasteiger partial charge in [0.1, 0.15) is 5.82 Å². The summed E-state index contributed by atoms with van der Waals surface area (Å²) in [7, 11) is 0. The second-order valence-corrected chi connectivity index (χ2v) is 5.70. The third kappa shape index (κ3) is 3.93. The molecule has 1 aromatic carbocycles. The lowest BCUT2D eigenvalue weighted by atomic mass is 9.83. The number of benzene rings is 1. The van der Waals surface area contributed by atoms with E-state index >= 15 is 0 Å². The molecular formula is C15H19FN2O3. The lowest BCUT2D eigenvalue weighted by Crippen LogP contribution is -2.49. The van der Waals surface area contributed by atoms with Gasteiger partial charge in [-0.3, -0.25) is 0 Å². The van der Waals surface area contributed by atoms with Crippen LogP contribution in [0.25, 0.3) is 0 Å². The van der Waals surface area contributed by atoms with Crippen LogP contribution in [-0.4, -0.2) is 22.6 Å². The zero-order valence-corrected chi connectivity index (χ0v) is 11.9. The molecule has 1 aromatic rings. The van der Waals surface area contributed by atoms with E-state index < -0.39 is 17.8 Å². The Hall–Kier alpha value is -2.11. The Morgan fingerprint density at radius 1 is 1.24 bits per heavy atom. The maximum Gasteiger partial charge on any atom is 0.337 e. The molecule has 21 heavy (non-hydrogen) atoms. The number of urea groups is 1. The van der Waals surface area contributed by atoms with Gasteiger partial charge in [0.25, 0.3) is 0 Å². The first-order chi connectivity index (χ1) is 9.89. The van der Waals surface area contributed by atoms with Crippen molar-refractivity contribution >= 4 is 17.7 Å². The minimum atomic E-state index is -1.28. The fourth-order valence-corrected chi connectivity index (χ4v) is 2.69. The zero-order chi connectivity index (χ0) is 15.5. The van der Waals surface area contributed by atoms with Crippen LogP contribution in [0.5, 0.6) is 0 Å². The largest absolute Gasteiger partial charge is 0.478 e. The number of halogens is 1. The first kappa shape index (κ1) is 15.3. The minimum Gasteiger partial charge on any atom is -0.478 e. The van der Waals surface area contributed by atoms with Gasteiger partial charge in [-0.25, -0.2) is 14.0 Å². The second kappa shape index (κ2) is 6.11. The van der Waals surface area contributed by atoms with Crippen molar-refractivity contribution in [3.8, 4) is 0 Å². The van der Waals surface area contributed by atoms with Crippen LogP contribution in [-0.2, 0) is 0 Å². The topological polar surface area (TPSA) is 78.4 Å². The van der Waals surface area contributed by atoms with E-state index in [1.165, 1.54) is 12.5 Å². The van der Waals surface area contributed by atoms with E-state index in [9.17, 15) is 14.0 Å². The van der Waals surface area contributed by atoms with Gasteiger partial charge in [-0.05, 0) is 38.0 Å². The normalized spacial score (nSPS) is 17.0. The van der Waals surface area contributed by atoms with Crippen molar-refractivity contribution < 1.29 is 19.1 Å². The van der Waals surface area contributed by atoms with Gasteiger partial charge < -0.3 is 15.7 Å². The van der Waals surface area contributed by atoms with Crippen molar-refractivity contribution in [2.24, 2.45) is 0 Å². The van der Waals surface area contributed by atoms with Crippen molar-refractivity contribution in [2.45, 2.75) is 44.6 Å². The number of aromatic carboxylic acids is 1. The van der Waals surface area contributed by atoms with Crippen LogP contribution in [0, 0.1) is 5.82 Å². The SMILES string of the molecule is CC1(NC(=O)Nc2ccc(F)cc2C(=O)O)CCCCC1. The molecule has 1 saturated carbocycles. The van der Waals surface area contributed by atoms with Gasteiger partial charge in [-0.1, -0.05) is 19.3 Å². The van der Waals surface area contributed by atoms with Gasteiger partial charge >= 0.3 is 12.0 Å². The highest BCUT2D eigenvalue weighted by molar-refractivity contribution is 6.00. The number of hydrogen-bond acceptors (Lipinski definition) is 2. The van der Waals surface area contributed by atoms with Crippen molar-refractivity contribution in [2.75, 3.05) is 5.32 Å². The lowest BCUT2D eigenvalue weighted by molar-refractivity contribution is 0.0697. The van der Waals surface area contributed by atoms with Crippen LogP contribution >= 0.6 is 0 Å². The molecule has 0 saturated heterocycles. The Labute approximate surface area is 122 Å². The molecule has 0 unspecified atom stereocenters. The van der Waals surface area contributed by atoms with Gasteiger partial charge in [0.15, 0.2) is 0 Å². The maximum absolute atomic E-state index is 13.1. The van der Waals surface area contributed by atoms with Gasteiger partial charge in [0.2, 0.25) is 0 Å². The number of amides is 2. The first-order valence-corrected chi connectivity index (χ1v) is 7.02. The summed E-state index contributed by atoms with van der Waals surface area (Å²) in [5.74, 6) is -1.94. The molecule has 1 aliphatic rings. The van der Waals surface area contributed by atoms with E-state index in [-0.39, 0.29) is 16.8 Å². The Kier molecular flexibility index (Phi) is 4.45. The standard InChI is InChI=1S/C15H19FN2O3/c1-15(7-3-2-4-8-15)18-14(21)17-12-6-5-10(16)9-11(12)13(19)20/h5-6,9H,2-4,7-8H2,1H3,(H,19,20)(H2,17,18,21). The molecule has 6 heteroatoms. The molecule has 0 aliphatic heterocycles. The van der Waals surface area contributed by atoms with E-state index in [0.717, 1.165) is 37.8 Å². The molecule has 0 atom stereocenters. The quantitative estimate of drug-likeness (QED) is 0.799. The predicted molar refractivity (Wildman–Crippen MR) is 77.0 cm³/mol. The number of rotatable bonds is 3. The molecule has 5 nitrogen and oxygen atoms in total. The van der Waals surface area contributed by atoms with Gasteiger partial charge in [-0.2, -0.15) is 0 Å². The highest BCUT2D eigenvalue weighted by Gasteiger charge is 2.28. The summed E-state index contributed by atoms with van der Waals surface area (Å²) in [6, 6.07) is 2.79. The number of carbonyl (C=O) groups is 2. The highest BCUT2D eigenvalue weighted by atomic mass is 19.1. The average Bonchev–Trinajstić information content (AvgIpc) is 2.40. The van der Waals surface area contributed by atoms with Gasteiger partial charge in [0, 0.05) is 5.54 Å². The van der Waals surface area contributed by atoms with E-state index in [4.69, 9.17) is 5.11 Å². The molecule has 0 bridgehead atoms. The fraction of sp³-hybridized carbons (Fsp3) is 0.467. The molecular weight excluding hydrogens is 275 g/mol. The lowest BCUT2D eigenvalue weighted by Gasteiger charge is -2.34. The van der Waals surface area contributed by atoms with Crippen molar-refractivity contribution in [3.05, 3.63) is 29.6 Å². The van der Waals surface area contributed by atoms with Crippen molar-refractivity contribution in [1.29, 1.82) is 0 Å². The van der Waals surface area contributed by atoms with Crippen molar-refractivity contribution in [3.63, 3.8) is 0 Å². The number of anilines is 1. The molecule has 1 aliphatic carbocycles. The third-order valence-corrected chi connectivity index (χ3v) is 3.83. The van der Waals surface area contributed by atoms with E-state index in [0.29, 0.717) is 0 Å². The minimum absolute atomic E-state index is 0.0841. The molecule has 0 radical (unpaired) electrons. The molecule has 1 fully saturated rings. The summed E-state index contributed by atoms with van der Waals surface area (Å²) >= 11 is 0. The Morgan fingerprint density at radius 2 is 1.90 bits per heavy atom. The number of carbonyl (C=O) groups excluding carboxylic acids is 1. The number of carboxylic acid groups (broad SMARTS) is 1. The summed E-state index contributed by atoms with van der Waals surface area (Å²) in [6.07, 6.45) is 5.09. The Balaban J connectivity index is 2.07. The van der Waals surface area contributed by atoms with E-state index in [2.05, 4.69) is 10.6 Å². The number of hydrogen-bond donors (Lipinski definition) is 3. The smallest absolute Gasteiger partial charge is 0.337 e.